The van der Waals surface area contributed by atoms with Crippen LogP contribution in [-0.2, 0) is 25.8 Å². The van der Waals surface area contributed by atoms with Gasteiger partial charge in [0.25, 0.3) is 0 Å². The Bertz CT molecular complexity index is 1090. The molecule has 0 amide bonds. The Balaban J connectivity index is 0.00000228. The van der Waals surface area contributed by atoms with Crippen LogP contribution < -0.4 is 15.0 Å². The molecule has 4 rings (SSSR count). The molecule has 1 atom stereocenters. The van der Waals surface area contributed by atoms with Gasteiger partial charge in [-0.1, -0.05) is 43.3 Å². The zero-order chi connectivity index (χ0) is 23.9. The minimum Gasteiger partial charge on any atom is -0.508 e. The standard InChI is InChI=1S/C30H38N2O2.2ClH/c1-4-31-17-16-22-6-8-23(9-7-22)21-32(5-2)30-20-28(34-3)14-15-29(30)26-11-10-25-19-27(33)13-12-24(25)18-26;;/h6-9,12-15,19-20,26,31,33H,4-5,10-11,16-18,21H2,1-3H3;2*1H. The van der Waals surface area contributed by atoms with Crippen LogP contribution in [-0.4, -0.2) is 31.9 Å². The van der Waals surface area contributed by atoms with Crippen molar-refractivity contribution in [2.75, 3.05) is 31.6 Å². The van der Waals surface area contributed by atoms with Crippen molar-refractivity contribution in [3.05, 3.63) is 88.5 Å². The molecule has 0 aliphatic heterocycles. The number of hydrogen-bond acceptors (Lipinski definition) is 4. The van der Waals surface area contributed by atoms with Gasteiger partial charge < -0.3 is 20.1 Å². The second-order valence-electron chi connectivity index (χ2n) is 9.25. The van der Waals surface area contributed by atoms with Crippen LogP contribution in [0.15, 0.2) is 60.7 Å². The minimum absolute atomic E-state index is 0. The summed E-state index contributed by atoms with van der Waals surface area (Å²) in [4.78, 5) is 2.47. The first kappa shape index (κ1) is 29.8. The van der Waals surface area contributed by atoms with Crippen molar-refractivity contribution >= 4 is 30.5 Å². The molecule has 4 nitrogen and oxygen atoms in total. The average Bonchev–Trinajstić information content (AvgIpc) is 2.87. The fraction of sp³-hybridized carbons (Fsp3) is 0.400. The van der Waals surface area contributed by atoms with E-state index in [0.29, 0.717) is 11.7 Å². The van der Waals surface area contributed by atoms with Crippen molar-refractivity contribution in [2.45, 2.75) is 52.0 Å². The third kappa shape index (κ3) is 7.32. The van der Waals surface area contributed by atoms with Crippen molar-refractivity contribution < 1.29 is 9.84 Å². The van der Waals surface area contributed by atoms with Crippen molar-refractivity contribution in [3.8, 4) is 11.5 Å². The second-order valence-corrected chi connectivity index (χ2v) is 9.25. The highest BCUT2D eigenvalue weighted by atomic mass is 35.5. The van der Waals surface area contributed by atoms with Gasteiger partial charge in [0.15, 0.2) is 0 Å². The van der Waals surface area contributed by atoms with E-state index in [9.17, 15) is 5.11 Å². The van der Waals surface area contributed by atoms with Crippen LogP contribution in [0, 0.1) is 0 Å². The zero-order valence-electron chi connectivity index (χ0n) is 21.6. The Labute approximate surface area is 228 Å². The van der Waals surface area contributed by atoms with Gasteiger partial charge in [-0.15, -0.1) is 24.8 Å². The second kappa shape index (κ2) is 14.4. The van der Waals surface area contributed by atoms with Gasteiger partial charge >= 0.3 is 0 Å². The first-order valence-corrected chi connectivity index (χ1v) is 12.6. The van der Waals surface area contributed by atoms with Crippen LogP contribution in [0.4, 0.5) is 5.69 Å². The van der Waals surface area contributed by atoms with E-state index in [1.807, 2.05) is 12.1 Å². The molecule has 0 spiro atoms. The Morgan fingerprint density at radius 1 is 0.944 bits per heavy atom. The zero-order valence-corrected chi connectivity index (χ0v) is 23.3. The van der Waals surface area contributed by atoms with E-state index in [4.69, 9.17) is 4.74 Å². The number of aromatic hydroxyl groups is 1. The lowest BCUT2D eigenvalue weighted by Gasteiger charge is -2.32. The van der Waals surface area contributed by atoms with E-state index < -0.39 is 0 Å². The predicted molar refractivity (Wildman–Crippen MR) is 156 cm³/mol. The first-order chi connectivity index (χ1) is 16.6. The maximum Gasteiger partial charge on any atom is 0.120 e. The number of hydrogen-bond donors (Lipinski definition) is 2. The molecule has 0 radical (unpaired) electrons. The van der Waals surface area contributed by atoms with E-state index in [0.717, 1.165) is 57.6 Å². The van der Waals surface area contributed by atoms with Gasteiger partial charge in [0.05, 0.1) is 7.11 Å². The molecule has 0 fully saturated rings. The Morgan fingerprint density at radius 3 is 2.39 bits per heavy atom. The molecule has 0 heterocycles. The molecule has 0 saturated heterocycles. The minimum atomic E-state index is 0. The maximum atomic E-state index is 9.87. The molecule has 3 aromatic carbocycles. The normalized spacial score (nSPS) is 14.2. The van der Waals surface area contributed by atoms with Gasteiger partial charge in [-0.3, -0.25) is 0 Å². The predicted octanol–water partition coefficient (Wildman–Crippen LogP) is 6.70. The number of rotatable bonds is 10. The number of fused-ring (bicyclic) bond motifs is 1. The van der Waals surface area contributed by atoms with E-state index in [-0.39, 0.29) is 24.8 Å². The fourth-order valence-electron chi connectivity index (χ4n) is 5.08. The molecule has 0 aromatic heterocycles. The molecule has 6 heteroatoms. The number of nitrogens with zero attached hydrogens (tertiary/aromatic N) is 1. The number of benzene rings is 3. The summed E-state index contributed by atoms with van der Waals surface area (Å²) in [7, 11) is 1.74. The van der Waals surface area contributed by atoms with Gasteiger partial charge in [0.1, 0.15) is 11.5 Å². The smallest absolute Gasteiger partial charge is 0.120 e. The number of phenolic OH excluding ortho intramolecular Hbond substituents is 1. The highest BCUT2D eigenvalue weighted by Gasteiger charge is 2.24. The molecule has 1 unspecified atom stereocenters. The molecular formula is C30H40Cl2N2O2. The molecule has 36 heavy (non-hydrogen) atoms. The number of anilines is 1. The summed E-state index contributed by atoms with van der Waals surface area (Å²) in [6, 6.07) is 21.5. The molecule has 1 aliphatic carbocycles. The fourth-order valence-corrected chi connectivity index (χ4v) is 5.08. The van der Waals surface area contributed by atoms with E-state index in [1.165, 1.54) is 33.5 Å². The monoisotopic (exact) mass is 530 g/mol. The lowest BCUT2D eigenvalue weighted by molar-refractivity contribution is 0.414. The quantitative estimate of drug-likeness (QED) is 0.286. The molecule has 0 bridgehead atoms. The molecule has 196 valence electrons. The summed E-state index contributed by atoms with van der Waals surface area (Å²) >= 11 is 0. The molecule has 0 saturated carbocycles. The number of nitrogens with one attached hydrogen (secondary N) is 1. The number of aryl methyl sites for hydroxylation is 1. The summed E-state index contributed by atoms with van der Waals surface area (Å²) in [6.07, 6.45) is 4.16. The van der Waals surface area contributed by atoms with Gasteiger partial charge in [-0.25, -0.2) is 0 Å². The van der Waals surface area contributed by atoms with Crippen molar-refractivity contribution in [1.29, 1.82) is 0 Å². The Hall–Kier alpha value is -2.40. The van der Waals surface area contributed by atoms with Gasteiger partial charge in [-0.2, -0.15) is 0 Å². The van der Waals surface area contributed by atoms with Crippen LogP contribution in [0.25, 0.3) is 0 Å². The molecular weight excluding hydrogens is 491 g/mol. The lowest BCUT2D eigenvalue weighted by atomic mass is 9.79. The lowest BCUT2D eigenvalue weighted by Crippen LogP contribution is -2.25. The maximum absolute atomic E-state index is 9.87. The SMILES string of the molecule is CCNCCc1ccc(CN(CC)c2cc(OC)ccc2C2CCc3cc(O)ccc3C2)cc1.Cl.Cl. The van der Waals surface area contributed by atoms with E-state index >= 15 is 0 Å². The van der Waals surface area contributed by atoms with Crippen LogP contribution in [0.1, 0.15) is 54.0 Å². The van der Waals surface area contributed by atoms with E-state index in [1.54, 1.807) is 7.11 Å². The highest BCUT2D eigenvalue weighted by molar-refractivity contribution is 5.85. The average molecular weight is 532 g/mol. The van der Waals surface area contributed by atoms with Crippen LogP contribution in [0.3, 0.4) is 0 Å². The largest absolute Gasteiger partial charge is 0.508 e. The number of methoxy groups -OCH3 is 1. The summed E-state index contributed by atoms with van der Waals surface area (Å²) in [5.74, 6) is 1.73. The van der Waals surface area contributed by atoms with Gasteiger partial charge in [0.2, 0.25) is 0 Å². The van der Waals surface area contributed by atoms with Crippen molar-refractivity contribution in [1.82, 2.24) is 5.32 Å². The van der Waals surface area contributed by atoms with E-state index in [2.05, 4.69) is 72.6 Å². The Morgan fingerprint density at radius 2 is 1.69 bits per heavy atom. The number of phenols is 1. The van der Waals surface area contributed by atoms with Gasteiger partial charge in [0, 0.05) is 24.8 Å². The third-order valence-electron chi connectivity index (χ3n) is 7.05. The number of halogens is 2. The van der Waals surface area contributed by atoms with Crippen LogP contribution >= 0.6 is 24.8 Å². The van der Waals surface area contributed by atoms with Crippen LogP contribution in [0.2, 0.25) is 0 Å². The third-order valence-corrected chi connectivity index (χ3v) is 7.05. The highest BCUT2D eigenvalue weighted by Crippen LogP contribution is 2.40. The summed E-state index contributed by atoms with van der Waals surface area (Å²) in [5.41, 5.74) is 8.00. The van der Waals surface area contributed by atoms with Crippen LogP contribution in [0.5, 0.6) is 11.5 Å². The number of likely N-dealkylation sites (N-methyl/N-ethyl adjacent to an activating group) is 1. The van der Waals surface area contributed by atoms with Crippen molar-refractivity contribution in [3.63, 3.8) is 0 Å². The summed E-state index contributed by atoms with van der Waals surface area (Å²) in [6.45, 7) is 8.22. The van der Waals surface area contributed by atoms with Gasteiger partial charge in [-0.05, 0) is 97.6 Å². The Kier molecular flexibility index (Phi) is 11.9. The molecule has 2 N–H and O–H groups in total. The summed E-state index contributed by atoms with van der Waals surface area (Å²) < 4.78 is 5.61. The molecule has 1 aliphatic rings. The first-order valence-electron chi connectivity index (χ1n) is 12.6. The number of ether oxygens (including phenoxy) is 1. The van der Waals surface area contributed by atoms with Crippen molar-refractivity contribution in [2.24, 2.45) is 0 Å². The summed E-state index contributed by atoms with van der Waals surface area (Å²) in [5, 5.41) is 13.3. The topological polar surface area (TPSA) is 44.7 Å². The molecule has 3 aromatic rings.